The first-order valence-corrected chi connectivity index (χ1v) is 7.88. The van der Waals surface area contributed by atoms with Gasteiger partial charge < -0.3 is 19.3 Å². The average molecular weight is 290 g/mol. The van der Waals surface area contributed by atoms with Gasteiger partial charge in [0, 0.05) is 29.9 Å². The summed E-state index contributed by atoms with van der Waals surface area (Å²) in [6, 6.07) is 0.0617. The number of piperidine rings is 1. The second kappa shape index (κ2) is 5.87. The van der Waals surface area contributed by atoms with Crippen LogP contribution in [0.1, 0.15) is 26.7 Å². The molecule has 110 valence electrons. The molecular formula is C12H22N2O4S. The molecule has 2 fully saturated rings. The highest BCUT2D eigenvalue weighted by Crippen LogP contribution is 2.39. The molecule has 1 spiro atoms. The Morgan fingerprint density at radius 3 is 2.68 bits per heavy atom. The fourth-order valence-electron chi connectivity index (χ4n) is 2.73. The van der Waals surface area contributed by atoms with E-state index in [-0.39, 0.29) is 16.7 Å². The van der Waals surface area contributed by atoms with Crippen LogP contribution in [0.5, 0.6) is 0 Å². The van der Waals surface area contributed by atoms with E-state index in [0.717, 1.165) is 12.8 Å². The predicted octanol–water partition coefficient (Wildman–Crippen LogP) is 0.807. The number of nitrogens with zero attached hydrogens (tertiary/aromatic N) is 1. The second-order valence-corrected chi connectivity index (χ2v) is 7.44. The predicted molar refractivity (Wildman–Crippen MR) is 72.3 cm³/mol. The number of amides is 1. The van der Waals surface area contributed by atoms with Gasteiger partial charge in [0.2, 0.25) is 0 Å². The van der Waals surface area contributed by atoms with Gasteiger partial charge in [-0.05, 0) is 26.7 Å². The maximum atomic E-state index is 11.9. The van der Waals surface area contributed by atoms with Gasteiger partial charge in [0.25, 0.3) is 0 Å². The van der Waals surface area contributed by atoms with Gasteiger partial charge in [-0.25, -0.2) is 4.79 Å². The number of hydrogen-bond donors (Lipinski definition) is 2. The lowest BCUT2D eigenvalue weighted by atomic mass is 9.75. The van der Waals surface area contributed by atoms with Crippen molar-refractivity contribution in [3.05, 3.63) is 0 Å². The van der Waals surface area contributed by atoms with E-state index in [2.05, 4.69) is 4.72 Å². The standard InChI is InChI=1S/C12H22N2O4S/c1-9(2)19(17)13-10-7-18-8-12(10)3-5-14(6-4-12)11(15)16/h9-10,13H,3-8H2,1-2H3,(H,15,16)/t10-,19-/m1/s1. The number of hydrogen-bond acceptors (Lipinski definition) is 4. The smallest absolute Gasteiger partial charge is 0.407 e. The Morgan fingerprint density at radius 1 is 1.53 bits per heavy atom. The zero-order valence-corrected chi connectivity index (χ0v) is 12.2. The molecule has 0 aromatic heterocycles. The molecule has 6 nitrogen and oxygen atoms in total. The van der Waals surface area contributed by atoms with Crippen LogP contribution in [0.3, 0.4) is 0 Å². The molecule has 2 atom stereocenters. The Labute approximate surface area is 116 Å². The summed E-state index contributed by atoms with van der Waals surface area (Å²) < 4.78 is 20.7. The SMILES string of the molecule is CC(C)[S@@+]([O-])N[C@@H]1COCC12CCN(C(=O)O)CC2. The van der Waals surface area contributed by atoms with Gasteiger partial charge in [0.1, 0.15) is 5.25 Å². The molecule has 19 heavy (non-hydrogen) atoms. The molecule has 2 heterocycles. The molecule has 2 saturated heterocycles. The van der Waals surface area contributed by atoms with Crippen LogP contribution in [0.2, 0.25) is 0 Å². The molecule has 7 heteroatoms. The molecule has 0 unspecified atom stereocenters. The minimum absolute atomic E-state index is 0.0590. The third kappa shape index (κ3) is 3.16. The molecule has 2 aliphatic heterocycles. The number of rotatable bonds is 3. The van der Waals surface area contributed by atoms with Crippen molar-refractivity contribution in [1.29, 1.82) is 0 Å². The zero-order valence-electron chi connectivity index (χ0n) is 11.4. The van der Waals surface area contributed by atoms with Crippen molar-refractivity contribution in [2.45, 2.75) is 38.0 Å². The van der Waals surface area contributed by atoms with Crippen molar-refractivity contribution in [3.63, 3.8) is 0 Å². The molecule has 2 N–H and O–H groups in total. The summed E-state index contributed by atoms with van der Waals surface area (Å²) in [5.41, 5.74) is -0.0590. The van der Waals surface area contributed by atoms with E-state index in [0.29, 0.717) is 26.3 Å². The highest BCUT2D eigenvalue weighted by atomic mass is 32.2. The monoisotopic (exact) mass is 290 g/mol. The Kier molecular flexibility index (Phi) is 4.60. The maximum absolute atomic E-state index is 11.9. The fraction of sp³-hybridized carbons (Fsp3) is 0.917. The molecule has 1 amide bonds. The summed E-state index contributed by atoms with van der Waals surface area (Å²) in [6.45, 7) is 6.09. The van der Waals surface area contributed by atoms with Gasteiger partial charge in [-0.1, -0.05) is 0 Å². The molecule has 0 aromatic carbocycles. The number of carboxylic acid groups (broad SMARTS) is 1. The first-order valence-electron chi connectivity index (χ1n) is 6.67. The largest absolute Gasteiger partial charge is 0.598 e. The van der Waals surface area contributed by atoms with Crippen LogP contribution in [0.25, 0.3) is 0 Å². The third-order valence-corrected chi connectivity index (χ3v) is 5.50. The Morgan fingerprint density at radius 2 is 2.16 bits per heavy atom. The van der Waals surface area contributed by atoms with Crippen LogP contribution < -0.4 is 4.72 Å². The first kappa shape index (κ1) is 14.9. The lowest BCUT2D eigenvalue weighted by molar-refractivity contribution is 0.0694. The zero-order chi connectivity index (χ0) is 14.0. The second-order valence-electron chi connectivity index (χ2n) is 5.66. The van der Waals surface area contributed by atoms with Crippen molar-refractivity contribution in [2.75, 3.05) is 26.3 Å². The van der Waals surface area contributed by atoms with Crippen molar-refractivity contribution in [3.8, 4) is 0 Å². The molecule has 0 bridgehead atoms. The number of nitrogens with one attached hydrogen (secondary N) is 1. The van der Waals surface area contributed by atoms with Crippen molar-refractivity contribution in [1.82, 2.24) is 9.62 Å². The van der Waals surface area contributed by atoms with Crippen molar-refractivity contribution < 1.29 is 19.2 Å². The first-order chi connectivity index (χ1) is 8.94. The van der Waals surface area contributed by atoms with E-state index >= 15 is 0 Å². The minimum atomic E-state index is -1.07. The number of carbonyl (C=O) groups is 1. The van der Waals surface area contributed by atoms with E-state index in [4.69, 9.17) is 9.84 Å². The van der Waals surface area contributed by atoms with Gasteiger partial charge in [0.15, 0.2) is 0 Å². The molecular weight excluding hydrogens is 268 g/mol. The summed E-state index contributed by atoms with van der Waals surface area (Å²) in [6.07, 6.45) is 0.683. The van der Waals surface area contributed by atoms with Crippen molar-refractivity contribution in [2.24, 2.45) is 5.41 Å². The van der Waals surface area contributed by atoms with E-state index in [1.807, 2.05) is 13.8 Å². The van der Waals surface area contributed by atoms with E-state index in [9.17, 15) is 9.35 Å². The van der Waals surface area contributed by atoms with Gasteiger partial charge in [0.05, 0.1) is 19.3 Å². The fourth-order valence-corrected chi connectivity index (χ4v) is 3.60. The van der Waals surface area contributed by atoms with Gasteiger partial charge in [-0.15, -0.1) is 4.72 Å². The van der Waals surface area contributed by atoms with E-state index in [1.165, 1.54) is 4.90 Å². The molecule has 0 radical (unpaired) electrons. The molecule has 2 rings (SSSR count). The van der Waals surface area contributed by atoms with E-state index < -0.39 is 17.5 Å². The van der Waals surface area contributed by atoms with Gasteiger partial charge in [-0.3, -0.25) is 0 Å². The maximum Gasteiger partial charge on any atom is 0.407 e. The van der Waals surface area contributed by atoms with Crippen LogP contribution in [0.4, 0.5) is 4.79 Å². The van der Waals surface area contributed by atoms with Crippen LogP contribution >= 0.6 is 0 Å². The number of likely N-dealkylation sites (tertiary alicyclic amines) is 1. The van der Waals surface area contributed by atoms with Crippen LogP contribution in [-0.4, -0.2) is 58.2 Å². The average Bonchev–Trinajstić information content (AvgIpc) is 2.72. The quantitative estimate of drug-likeness (QED) is 0.751. The molecule has 0 aromatic rings. The molecule has 0 aliphatic carbocycles. The number of ether oxygens (including phenoxy) is 1. The van der Waals surface area contributed by atoms with Crippen LogP contribution in [0.15, 0.2) is 0 Å². The molecule has 2 aliphatic rings. The van der Waals surface area contributed by atoms with Crippen molar-refractivity contribution >= 4 is 17.5 Å². The summed E-state index contributed by atoms with van der Waals surface area (Å²) in [5.74, 6) is 0. The third-order valence-electron chi connectivity index (χ3n) is 4.13. The topological polar surface area (TPSA) is 84.9 Å². The lowest BCUT2D eigenvalue weighted by Gasteiger charge is -2.40. The van der Waals surface area contributed by atoms with E-state index in [1.54, 1.807) is 0 Å². The molecule has 0 saturated carbocycles. The Balaban J connectivity index is 1.97. The summed E-state index contributed by atoms with van der Waals surface area (Å²) in [7, 11) is 0. The summed E-state index contributed by atoms with van der Waals surface area (Å²) >= 11 is -1.07. The normalized spacial score (nSPS) is 28.0. The lowest BCUT2D eigenvalue weighted by Crippen LogP contribution is -2.54. The Hall–Kier alpha value is -0.500. The minimum Gasteiger partial charge on any atom is -0.598 e. The highest BCUT2D eigenvalue weighted by Gasteiger charge is 2.48. The highest BCUT2D eigenvalue weighted by molar-refractivity contribution is 7.90. The summed E-state index contributed by atoms with van der Waals surface area (Å²) in [5, 5.41) is 9.05. The summed E-state index contributed by atoms with van der Waals surface area (Å²) in [4.78, 5) is 12.4. The van der Waals surface area contributed by atoms with Gasteiger partial charge in [-0.2, -0.15) is 0 Å². The van der Waals surface area contributed by atoms with Crippen LogP contribution in [0, 0.1) is 5.41 Å². The Bertz CT molecular complexity index is 332. The van der Waals surface area contributed by atoms with Crippen LogP contribution in [-0.2, 0) is 16.1 Å². The van der Waals surface area contributed by atoms with Gasteiger partial charge >= 0.3 is 6.09 Å².